The number of anilines is 2. The molecule has 4 aromatic carbocycles. The van der Waals surface area contributed by atoms with Gasteiger partial charge in [-0.2, -0.15) is 0 Å². The van der Waals surface area contributed by atoms with Crippen LogP contribution in [0, 0.1) is 0 Å². The Morgan fingerprint density at radius 3 is 2.23 bits per heavy atom. The number of nitrogens with one attached hydrogen (secondary N) is 3. The van der Waals surface area contributed by atoms with Gasteiger partial charge in [-0.3, -0.25) is 14.4 Å². The topological polar surface area (TPSA) is 133 Å². The molecule has 1 unspecified atom stereocenters. The summed E-state index contributed by atoms with van der Waals surface area (Å²) in [4.78, 5) is 40.9. The molecule has 0 fully saturated rings. The number of hydrogen-bond donors (Lipinski definition) is 3. The summed E-state index contributed by atoms with van der Waals surface area (Å²) in [6.07, 6.45) is 2.06. The first-order valence-electron chi connectivity index (χ1n) is 15.0. The number of carbonyl (C=O) groups excluding carboxylic acids is 3. The number of amides is 3. The summed E-state index contributed by atoms with van der Waals surface area (Å²) < 4.78 is 27.1. The number of rotatable bonds is 13. The van der Waals surface area contributed by atoms with Crippen molar-refractivity contribution in [3.63, 3.8) is 0 Å². The van der Waals surface area contributed by atoms with Gasteiger partial charge >= 0.3 is 0 Å². The van der Waals surface area contributed by atoms with Crippen LogP contribution in [-0.2, 0) is 9.59 Å². The van der Waals surface area contributed by atoms with Gasteiger partial charge in [-0.05, 0) is 61.0 Å². The largest absolute Gasteiger partial charge is 0.496 e. The molecule has 1 aliphatic heterocycles. The normalized spacial score (nSPS) is 12.5. The van der Waals surface area contributed by atoms with E-state index in [0.29, 0.717) is 57.7 Å². The molecule has 0 spiro atoms. The highest BCUT2D eigenvalue weighted by molar-refractivity contribution is 8.00. The Bertz CT molecular complexity index is 1830. The van der Waals surface area contributed by atoms with Gasteiger partial charge in [0.2, 0.25) is 12.7 Å². The van der Waals surface area contributed by atoms with Gasteiger partial charge in [0.15, 0.2) is 23.0 Å². The molecule has 11 nitrogen and oxygen atoms in total. The first kappa shape index (κ1) is 33.7. The first-order chi connectivity index (χ1) is 23.3. The van der Waals surface area contributed by atoms with Gasteiger partial charge in [0.25, 0.3) is 11.8 Å². The number of benzene rings is 4. The van der Waals surface area contributed by atoms with Crippen molar-refractivity contribution in [2.24, 2.45) is 0 Å². The van der Waals surface area contributed by atoms with Crippen LogP contribution < -0.4 is 39.6 Å². The third-order valence-electron chi connectivity index (χ3n) is 7.24. The Kier molecular flexibility index (Phi) is 11.1. The number of ether oxygens (including phenoxy) is 5. The van der Waals surface area contributed by atoms with Crippen LogP contribution in [0.25, 0.3) is 6.08 Å². The molecular weight excluding hydrogens is 634 g/mol. The van der Waals surface area contributed by atoms with Crippen molar-refractivity contribution in [2.75, 3.05) is 38.8 Å². The van der Waals surface area contributed by atoms with Gasteiger partial charge in [-0.25, -0.2) is 0 Å². The zero-order valence-corrected chi connectivity index (χ0v) is 27.6. The van der Waals surface area contributed by atoms with E-state index in [9.17, 15) is 14.4 Å². The van der Waals surface area contributed by atoms with Crippen LogP contribution in [0.15, 0.2) is 95.5 Å². The van der Waals surface area contributed by atoms with E-state index in [1.165, 1.54) is 39.2 Å². The highest BCUT2D eigenvalue weighted by Gasteiger charge is 2.22. The maximum Gasteiger partial charge on any atom is 0.272 e. The van der Waals surface area contributed by atoms with Gasteiger partial charge in [0.05, 0.1) is 26.6 Å². The fourth-order valence-corrected chi connectivity index (χ4v) is 5.81. The predicted octanol–water partition coefficient (Wildman–Crippen LogP) is 6.36. The second-order valence-corrected chi connectivity index (χ2v) is 11.7. The summed E-state index contributed by atoms with van der Waals surface area (Å²) in [6, 6.07) is 24.2. The van der Waals surface area contributed by atoms with E-state index >= 15 is 0 Å². The molecule has 3 N–H and O–H groups in total. The van der Waals surface area contributed by atoms with Crippen LogP contribution in [0.3, 0.4) is 0 Å². The molecule has 0 bridgehead atoms. The molecule has 48 heavy (non-hydrogen) atoms. The lowest BCUT2D eigenvalue weighted by Crippen LogP contribution is -2.30. The molecule has 3 amide bonds. The molecule has 248 valence electrons. The van der Waals surface area contributed by atoms with E-state index < -0.39 is 17.1 Å². The summed E-state index contributed by atoms with van der Waals surface area (Å²) in [7, 11) is 4.49. The minimum atomic E-state index is -0.578. The SMILES string of the molecule is CCC(Sc1cccc(NC(=O)/C(=C\c2cc(OC)c(OC)cc2OC)NC(=O)c2ccccc2)c1)C(=O)Nc1ccc2c(c1)OCO2. The Morgan fingerprint density at radius 2 is 1.50 bits per heavy atom. The Balaban J connectivity index is 1.36. The number of methoxy groups -OCH3 is 3. The van der Waals surface area contributed by atoms with Crippen molar-refractivity contribution >= 4 is 46.9 Å². The molecule has 1 atom stereocenters. The van der Waals surface area contributed by atoms with Gasteiger partial charge in [-0.1, -0.05) is 31.2 Å². The van der Waals surface area contributed by atoms with Crippen LogP contribution in [0.4, 0.5) is 11.4 Å². The molecule has 4 aromatic rings. The maximum atomic E-state index is 13.8. The van der Waals surface area contributed by atoms with E-state index in [1.54, 1.807) is 78.9 Å². The summed E-state index contributed by atoms with van der Waals surface area (Å²) in [5.74, 6) is 1.24. The molecule has 1 aliphatic rings. The van der Waals surface area contributed by atoms with E-state index in [2.05, 4.69) is 16.0 Å². The van der Waals surface area contributed by atoms with Crippen molar-refractivity contribution in [3.8, 4) is 28.7 Å². The number of carbonyl (C=O) groups is 3. The molecule has 12 heteroatoms. The number of thioether (sulfide) groups is 1. The fourth-order valence-electron chi connectivity index (χ4n) is 4.79. The molecule has 0 aliphatic carbocycles. The van der Waals surface area contributed by atoms with Crippen molar-refractivity contribution in [1.29, 1.82) is 0 Å². The monoisotopic (exact) mass is 669 g/mol. The molecule has 5 rings (SSSR count). The summed E-state index contributed by atoms with van der Waals surface area (Å²) in [6.45, 7) is 2.07. The highest BCUT2D eigenvalue weighted by Crippen LogP contribution is 2.37. The predicted molar refractivity (Wildman–Crippen MR) is 184 cm³/mol. The average Bonchev–Trinajstić information content (AvgIpc) is 3.58. The van der Waals surface area contributed by atoms with Crippen molar-refractivity contribution in [2.45, 2.75) is 23.5 Å². The van der Waals surface area contributed by atoms with Crippen LogP contribution in [0.5, 0.6) is 28.7 Å². The van der Waals surface area contributed by atoms with Crippen LogP contribution in [-0.4, -0.2) is 51.1 Å². The lowest BCUT2D eigenvalue weighted by atomic mass is 10.1. The third kappa shape index (κ3) is 8.20. The standard InChI is InChI=1S/C36H35N3O8S/c1-5-33(36(42)38-25-14-15-28-32(19-25)47-21-46-28)48-26-13-9-12-24(18-26)37-35(41)27(39-34(40)22-10-7-6-8-11-22)16-23-17-30(44-3)31(45-4)20-29(23)43-2/h6-20,33H,5,21H2,1-4H3,(H,37,41)(H,38,42)(H,39,40)/b27-16+. The van der Waals surface area contributed by atoms with Crippen molar-refractivity contribution < 1.29 is 38.1 Å². The molecule has 0 saturated heterocycles. The fraction of sp³-hybridized carbons (Fsp3) is 0.194. The van der Waals surface area contributed by atoms with Gasteiger partial charge in [0.1, 0.15) is 11.4 Å². The van der Waals surface area contributed by atoms with Gasteiger partial charge < -0.3 is 39.6 Å². The number of fused-ring (bicyclic) bond motifs is 1. The van der Waals surface area contributed by atoms with Crippen molar-refractivity contribution in [1.82, 2.24) is 5.32 Å². The Morgan fingerprint density at radius 1 is 0.792 bits per heavy atom. The second-order valence-electron chi connectivity index (χ2n) is 10.4. The second kappa shape index (κ2) is 15.8. The molecule has 0 saturated carbocycles. The van der Waals surface area contributed by atoms with E-state index in [0.717, 1.165) is 4.90 Å². The molecular formula is C36H35N3O8S. The van der Waals surface area contributed by atoms with Crippen LogP contribution in [0.1, 0.15) is 29.3 Å². The minimum absolute atomic E-state index is 0.0398. The summed E-state index contributed by atoms with van der Waals surface area (Å²) in [5, 5.41) is 8.14. The van der Waals surface area contributed by atoms with Crippen LogP contribution in [0.2, 0.25) is 0 Å². The van der Waals surface area contributed by atoms with E-state index in [1.807, 2.05) is 13.0 Å². The van der Waals surface area contributed by atoms with Crippen molar-refractivity contribution in [3.05, 3.63) is 102 Å². The van der Waals surface area contributed by atoms with E-state index in [-0.39, 0.29) is 18.4 Å². The average molecular weight is 670 g/mol. The minimum Gasteiger partial charge on any atom is -0.496 e. The lowest BCUT2D eigenvalue weighted by Gasteiger charge is -2.16. The maximum absolute atomic E-state index is 13.8. The lowest BCUT2D eigenvalue weighted by molar-refractivity contribution is -0.116. The zero-order chi connectivity index (χ0) is 34.0. The van der Waals surface area contributed by atoms with Crippen LogP contribution >= 0.6 is 11.8 Å². The number of hydrogen-bond acceptors (Lipinski definition) is 9. The quantitative estimate of drug-likeness (QED) is 0.110. The molecule has 1 heterocycles. The van der Waals surface area contributed by atoms with E-state index in [4.69, 9.17) is 23.7 Å². The summed E-state index contributed by atoms with van der Waals surface area (Å²) >= 11 is 1.37. The van der Waals surface area contributed by atoms with Gasteiger partial charge in [-0.15, -0.1) is 11.8 Å². The highest BCUT2D eigenvalue weighted by atomic mass is 32.2. The smallest absolute Gasteiger partial charge is 0.272 e. The first-order valence-corrected chi connectivity index (χ1v) is 15.9. The summed E-state index contributed by atoms with van der Waals surface area (Å²) in [5.41, 5.74) is 1.88. The van der Waals surface area contributed by atoms with Gasteiger partial charge in [0, 0.05) is 39.5 Å². The Labute approximate surface area is 282 Å². The Hall–Kier alpha value is -5.62. The molecule has 0 aromatic heterocycles. The third-order valence-corrected chi connectivity index (χ3v) is 8.60. The molecule has 0 radical (unpaired) electrons. The zero-order valence-electron chi connectivity index (χ0n) is 26.8.